The summed E-state index contributed by atoms with van der Waals surface area (Å²) in [5.74, 6) is -0.128. The Kier molecular flexibility index (Phi) is 4.41. The molecule has 1 aliphatic heterocycles. The maximum absolute atomic E-state index is 13.3. The summed E-state index contributed by atoms with van der Waals surface area (Å²) in [6, 6.07) is 5.27. The van der Waals surface area contributed by atoms with E-state index in [-0.39, 0.29) is 28.1 Å². The molecule has 0 atom stereocenters. The van der Waals surface area contributed by atoms with Crippen LogP contribution in [0.4, 0.5) is 0 Å². The van der Waals surface area contributed by atoms with Gasteiger partial charge in [0.05, 0.1) is 7.11 Å². The molecule has 0 fully saturated rings. The Morgan fingerprint density at radius 3 is 1.93 bits per heavy atom. The smallest absolute Gasteiger partial charge is 0.162 e. The van der Waals surface area contributed by atoms with Crippen molar-refractivity contribution >= 4 is 11.6 Å². The van der Waals surface area contributed by atoms with Crippen LogP contribution < -0.4 is 10.1 Å². The van der Waals surface area contributed by atoms with Gasteiger partial charge in [0.15, 0.2) is 23.1 Å². The number of ether oxygens (including phenoxy) is 1. The summed E-state index contributed by atoms with van der Waals surface area (Å²) in [5, 5.41) is 14.4. The summed E-state index contributed by atoms with van der Waals surface area (Å²) < 4.78 is 5.30. The fourth-order valence-corrected chi connectivity index (χ4v) is 5.14. The molecule has 5 heteroatoms. The number of aromatic hydroxyl groups is 1. The molecule has 3 aliphatic rings. The van der Waals surface area contributed by atoms with E-state index in [9.17, 15) is 14.7 Å². The van der Waals surface area contributed by atoms with Gasteiger partial charge in [0.2, 0.25) is 0 Å². The Labute approximate surface area is 171 Å². The van der Waals surface area contributed by atoms with Gasteiger partial charge in [-0.2, -0.15) is 0 Å². The van der Waals surface area contributed by atoms with E-state index in [4.69, 9.17) is 4.74 Å². The van der Waals surface area contributed by atoms with Crippen molar-refractivity contribution in [1.82, 2.24) is 5.32 Å². The molecule has 5 nitrogen and oxygen atoms in total. The highest BCUT2D eigenvalue weighted by Gasteiger charge is 2.47. The Balaban J connectivity index is 1.96. The molecule has 0 saturated heterocycles. The number of methoxy groups -OCH3 is 1. The molecule has 29 heavy (non-hydrogen) atoms. The number of rotatable bonds is 2. The van der Waals surface area contributed by atoms with Crippen LogP contribution >= 0.6 is 0 Å². The number of para-hydroxylation sites is 1. The highest BCUT2D eigenvalue weighted by Crippen LogP contribution is 2.53. The molecular formula is C24H29NO4. The van der Waals surface area contributed by atoms with Crippen molar-refractivity contribution in [2.75, 3.05) is 7.11 Å². The Bertz CT molecular complexity index is 929. The van der Waals surface area contributed by atoms with Crippen molar-refractivity contribution in [3.63, 3.8) is 0 Å². The summed E-state index contributed by atoms with van der Waals surface area (Å²) in [7, 11) is 1.50. The second kappa shape index (κ2) is 6.48. The third-order valence-corrected chi connectivity index (χ3v) is 6.28. The number of hydrogen-bond donors (Lipinski definition) is 2. The summed E-state index contributed by atoms with van der Waals surface area (Å²) in [6.45, 7) is 8.37. The van der Waals surface area contributed by atoms with E-state index in [0.29, 0.717) is 35.3 Å². The van der Waals surface area contributed by atoms with Crippen LogP contribution in [-0.4, -0.2) is 23.8 Å². The van der Waals surface area contributed by atoms with Crippen molar-refractivity contribution in [1.29, 1.82) is 0 Å². The minimum atomic E-state index is -0.552. The lowest BCUT2D eigenvalue weighted by Gasteiger charge is -2.44. The van der Waals surface area contributed by atoms with Crippen molar-refractivity contribution in [3.8, 4) is 11.5 Å². The summed E-state index contributed by atoms with van der Waals surface area (Å²) >= 11 is 0. The number of hydrogen-bond acceptors (Lipinski definition) is 5. The molecular weight excluding hydrogens is 366 g/mol. The predicted octanol–water partition coefficient (Wildman–Crippen LogP) is 4.37. The third-order valence-electron chi connectivity index (χ3n) is 6.28. The number of carbonyl (C=O) groups is 2. The van der Waals surface area contributed by atoms with E-state index in [1.54, 1.807) is 18.2 Å². The van der Waals surface area contributed by atoms with Crippen LogP contribution in [0.1, 0.15) is 64.9 Å². The lowest BCUT2D eigenvalue weighted by Crippen LogP contribution is -2.42. The Morgan fingerprint density at radius 1 is 0.931 bits per heavy atom. The molecule has 1 aromatic carbocycles. The second-order valence-corrected chi connectivity index (χ2v) is 10.1. The van der Waals surface area contributed by atoms with Crippen LogP contribution in [0, 0.1) is 10.8 Å². The van der Waals surface area contributed by atoms with Gasteiger partial charge < -0.3 is 15.2 Å². The molecule has 1 aromatic rings. The van der Waals surface area contributed by atoms with E-state index >= 15 is 0 Å². The molecule has 0 unspecified atom stereocenters. The predicted molar refractivity (Wildman–Crippen MR) is 111 cm³/mol. The molecule has 2 N–H and O–H groups in total. The van der Waals surface area contributed by atoms with Crippen molar-refractivity contribution in [2.45, 2.75) is 59.3 Å². The van der Waals surface area contributed by atoms with Crippen molar-refractivity contribution < 1.29 is 19.4 Å². The summed E-state index contributed by atoms with van der Waals surface area (Å²) in [6.07, 6.45) is 2.33. The van der Waals surface area contributed by atoms with E-state index in [2.05, 4.69) is 33.0 Å². The molecule has 0 amide bonds. The Morgan fingerprint density at radius 2 is 1.45 bits per heavy atom. The number of carbonyl (C=O) groups excluding carboxylic acids is 2. The average molecular weight is 395 g/mol. The molecule has 154 valence electrons. The van der Waals surface area contributed by atoms with Gasteiger partial charge in [0.25, 0.3) is 0 Å². The van der Waals surface area contributed by atoms with E-state index < -0.39 is 5.92 Å². The topological polar surface area (TPSA) is 75.6 Å². The number of benzene rings is 1. The first-order chi connectivity index (χ1) is 13.5. The molecule has 0 aromatic heterocycles. The zero-order valence-corrected chi connectivity index (χ0v) is 17.8. The highest BCUT2D eigenvalue weighted by atomic mass is 16.5. The maximum atomic E-state index is 13.3. The van der Waals surface area contributed by atoms with Crippen LogP contribution in [-0.2, 0) is 9.59 Å². The molecule has 2 aliphatic carbocycles. The zero-order valence-electron chi connectivity index (χ0n) is 17.8. The first kappa shape index (κ1) is 19.7. The molecule has 0 spiro atoms. The number of phenolic OH excluding ortho intramolecular Hbond substituents is 1. The van der Waals surface area contributed by atoms with Gasteiger partial charge >= 0.3 is 0 Å². The van der Waals surface area contributed by atoms with Crippen LogP contribution in [0.3, 0.4) is 0 Å². The van der Waals surface area contributed by atoms with Gasteiger partial charge in [0, 0.05) is 46.9 Å². The molecule has 1 heterocycles. The SMILES string of the molecule is COc1cccc(C2C3=C(CC(C)(C)CC3=O)NC3=C2C(=O)CC(C)(C)C3)c1O. The number of Topliss-reactive ketones (excluding diaryl/α,β-unsaturated/α-hetero) is 2. The quantitative estimate of drug-likeness (QED) is 0.777. The van der Waals surface area contributed by atoms with Gasteiger partial charge in [-0.1, -0.05) is 39.8 Å². The monoisotopic (exact) mass is 395 g/mol. The number of allylic oxidation sites excluding steroid dienone is 4. The van der Waals surface area contributed by atoms with Crippen LogP contribution in [0.2, 0.25) is 0 Å². The van der Waals surface area contributed by atoms with Crippen molar-refractivity contribution in [3.05, 3.63) is 46.3 Å². The summed E-state index contributed by atoms with van der Waals surface area (Å²) in [5.41, 5.74) is 3.31. The fourth-order valence-electron chi connectivity index (χ4n) is 5.14. The van der Waals surface area contributed by atoms with Gasteiger partial charge in [-0.05, 0) is 29.7 Å². The highest BCUT2D eigenvalue weighted by molar-refractivity contribution is 6.07. The van der Waals surface area contributed by atoms with E-state index in [1.165, 1.54) is 7.11 Å². The van der Waals surface area contributed by atoms with E-state index in [0.717, 1.165) is 24.2 Å². The number of dihydropyridines is 1. The van der Waals surface area contributed by atoms with Gasteiger partial charge in [-0.3, -0.25) is 9.59 Å². The van der Waals surface area contributed by atoms with Crippen LogP contribution in [0.15, 0.2) is 40.7 Å². The van der Waals surface area contributed by atoms with Crippen LogP contribution in [0.25, 0.3) is 0 Å². The normalized spacial score (nSPS) is 23.5. The standard InChI is InChI=1S/C24H29NO4/c1-23(2)9-14-20(16(26)11-23)19(13-7-6-8-18(29-5)22(13)28)21-15(25-14)10-24(3,4)12-17(21)27/h6-8,19,25,28H,9-12H2,1-5H3. The van der Waals surface area contributed by atoms with E-state index in [1.807, 2.05) is 0 Å². The lowest BCUT2D eigenvalue weighted by atomic mass is 9.64. The molecule has 0 saturated carbocycles. The largest absolute Gasteiger partial charge is 0.504 e. The molecule has 0 radical (unpaired) electrons. The number of ketones is 2. The fraction of sp³-hybridized carbons (Fsp3) is 0.500. The third kappa shape index (κ3) is 3.26. The summed E-state index contributed by atoms with van der Waals surface area (Å²) in [4.78, 5) is 26.5. The number of phenols is 1. The lowest BCUT2D eigenvalue weighted by molar-refractivity contribution is -0.119. The average Bonchev–Trinajstić information content (AvgIpc) is 2.58. The van der Waals surface area contributed by atoms with Gasteiger partial charge in [-0.25, -0.2) is 0 Å². The van der Waals surface area contributed by atoms with Crippen LogP contribution in [0.5, 0.6) is 11.5 Å². The van der Waals surface area contributed by atoms with Crippen molar-refractivity contribution in [2.24, 2.45) is 10.8 Å². The Hall–Kier alpha value is -2.56. The first-order valence-electron chi connectivity index (χ1n) is 10.2. The maximum Gasteiger partial charge on any atom is 0.162 e. The number of nitrogens with one attached hydrogen (secondary N) is 1. The minimum absolute atomic E-state index is 0.00383. The second-order valence-electron chi connectivity index (χ2n) is 10.1. The minimum Gasteiger partial charge on any atom is -0.504 e. The zero-order chi connectivity index (χ0) is 21.1. The van der Waals surface area contributed by atoms with Gasteiger partial charge in [0.1, 0.15) is 0 Å². The first-order valence-corrected chi connectivity index (χ1v) is 10.2. The molecule has 0 bridgehead atoms. The molecule has 4 rings (SSSR count). The van der Waals surface area contributed by atoms with Gasteiger partial charge in [-0.15, -0.1) is 0 Å².